The molecule has 0 aromatic carbocycles. The predicted octanol–water partition coefficient (Wildman–Crippen LogP) is 2.70. The van der Waals surface area contributed by atoms with Crippen molar-refractivity contribution in [3.05, 3.63) is 29.6 Å². The molecule has 0 aliphatic heterocycles. The zero-order valence-corrected chi connectivity index (χ0v) is 10.2. The number of rotatable bonds is 3. The molecule has 2 rings (SSSR count). The van der Waals surface area contributed by atoms with Crippen molar-refractivity contribution in [1.82, 2.24) is 4.98 Å². The van der Waals surface area contributed by atoms with Crippen LogP contribution in [0.2, 0.25) is 0 Å². The minimum atomic E-state index is -3.50. The number of aryl methyl sites for hydroxylation is 1. The van der Waals surface area contributed by atoms with E-state index in [1.807, 2.05) is 0 Å². The highest BCUT2D eigenvalue weighted by Crippen LogP contribution is 2.41. The number of pyridine rings is 1. The quantitative estimate of drug-likeness (QED) is 0.779. The van der Waals surface area contributed by atoms with Crippen molar-refractivity contribution in [1.29, 1.82) is 0 Å². The topological polar surface area (TPSA) is 39.2 Å². The Morgan fingerprint density at radius 2 is 2.39 bits per heavy atom. The van der Waals surface area contributed by atoms with Crippen molar-refractivity contribution in [3.8, 4) is 0 Å². The maximum Gasteiger partial charge on any atom is 0.377 e. The van der Waals surface area contributed by atoms with Crippen molar-refractivity contribution in [2.24, 2.45) is 0 Å². The SMILES string of the molecule is CCOC(=O)C(F)(F)C1CCCc2cccnc21. The number of hydrogen-bond acceptors (Lipinski definition) is 3. The van der Waals surface area contributed by atoms with Gasteiger partial charge in [-0.05, 0) is 37.8 Å². The Kier molecular flexibility index (Phi) is 3.59. The summed E-state index contributed by atoms with van der Waals surface area (Å²) in [6.07, 6.45) is 3.12. The molecule has 1 aliphatic rings. The van der Waals surface area contributed by atoms with Crippen LogP contribution >= 0.6 is 0 Å². The molecular weight excluding hydrogens is 240 g/mol. The van der Waals surface area contributed by atoms with E-state index in [1.165, 1.54) is 13.1 Å². The summed E-state index contributed by atoms with van der Waals surface area (Å²) in [5.74, 6) is -6.12. The van der Waals surface area contributed by atoms with Crippen LogP contribution < -0.4 is 0 Å². The van der Waals surface area contributed by atoms with Crippen molar-refractivity contribution < 1.29 is 18.3 Å². The van der Waals surface area contributed by atoms with Crippen LogP contribution in [0.4, 0.5) is 8.78 Å². The second kappa shape index (κ2) is 5.00. The van der Waals surface area contributed by atoms with Gasteiger partial charge < -0.3 is 4.74 Å². The van der Waals surface area contributed by atoms with E-state index < -0.39 is 17.8 Å². The molecule has 1 aromatic heterocycles. The fourth-order valence-electron chi connectivity index (χ4n) is 2.33. The number of carbonyl (C=O) groups excluding carboxylic acids is 1. The lowest BCUT2D eigenvalue weighted by atomic mass is 9.82. The molecule has 0 N–H and O–H groups in total. The monoisotopic (exact) mass is 255 g/mol. The van der Waals surface area contributed by atoms with E-state index in [9.17, 15) is 13.6 Å². The van der Waals surface area contributed by atoms with Crippen molar-refractivity contribution in [2.75, 3.05) is 6.61 Å². The zero-order valence-electron chi connectivity index (χ0n) is 10.2. The smallest absolute Gasteiger partial charge is 0.377 e. The second-order valence-corrected chi connectivity index (χ2v) is 4.34. The summed E-state index contributed by atoms with van der Waals surface area (Å²) >= 11 is 0. The number of carbonyl (C=O) groups is 1. The first kappa shape index (κ1) is 12.9. The Labute approximate surface area is 104 Å². The molecule has 0 fully saturated rings. The number of alkyl halides is 2. The van der Waals surface area contributed by atoms with Crippen LogP contribution in [-0.2, 0) is 16.0 Å². The van der Waals surface area contributed by atoms with Gasteiger partial charge in [-0.2, -0.15) is 8.78 Å². The number of esters is 1. The molecule has 1 atom stereocenters. The molecule has 0 saturated carbocycles. The van der Waals surface area contributed by atoms with Gasteiger partial charge in [0.05, 0.1) is 18.2 Å². The third-order valence-corrected chi connectivity index (χ3v) is 3.18. The highest BCUT2D eigenvalue weighted by atomic mass is 19.3. The summed E-state index contributed by atoms with van der Waals surface area (Å²) in [7, 11) is 0. The molecule has 0 amide bonds. The van der Waals surface area contributed by atoms with E-state index in [4.69, 9.17) is 0 Å². The molecule has 0 radical (unpaired) electrons. The average molecular weight is 255 g/mol. The van der Waals surface area contributed by atoms with E-state index >= 15 is 0 Å². The van der Waals surface area contributed by atoms with Gasteiger partial charge in [-0.25, -0.2) is 4.79 Å². The molecule has 1 aromatic rings. The van der Waals surface area contributed by atoms with Crippen molar-refractivity contribution in [2.45, 2.75) is 38.0 Å². The van der Waals surface area contributed by atoms with Crippen LogP contribution in [0, 0.1) is 0 Å². The van der Waals surface area contributed by atoms with E-state index in [0.717, 1.165) is 12.0 Å². The molecule has 1 aliphatic carbocycles. The Balaban J connectivity index is 2.32. The minimum absolute atomic E-state index is 0.0454. The first-order valence-corrected chi connectivity index (χ1v) is 6.06. The number of halogens is 2. The second-order valence-electron chi connectivity index (χ2n) is 4.34. The van der Waals surface area contributed by atoms with Crippen LogP contribution in [-0.4, -0.2) is 23.5 Å². The van der Waals surface area contributed by atoms with E-state index in [0.29, 0.717) is 12.1 Å². The number of ether oxygens (including phenoxy) is 1. The lowest BCUT2D eigenvalue weighted by Gasteiger charge is -2.29. The van der Waals surface area contributed by atoms with Crippen LogP contribution in [0.3, 0.4) is 0 Å². The molecule has 1 heterocycles. The summed E-state index contributed by atoms with van der Waals surface area (Å²) in [6.45, 7) is 1.47. The molecule has 0 saturated heterocycles. The number of fused-ring (bicyclic) bond motifs is 1. The fraction of sp³-hybridized carbons (Fsp3) is 0.538. The zero-order chi connectivity index (χ0) is 13.2. The maximum absolute atomic E-state index is 14.1. The molecule has 0 bridgehead atoms. The first-order chi connectivity index (χ1) is 8.57. The maximum atomic E-state index is 14.1. The third kappa shape index (κ3) is 2.21. The van der Waals surface area contributed by atoms with Gasteiger partial charge >= 0.3 is 11.9 Å². The summed E-state index contributed by atoms with van der Waals surface area (Å²) in [5, 5.41) is 0. The molecule has 5 heteroatoms. The molecule has 98 valence electrons. The van der Waals surface area contributed by atoms with E-state index in [-0.39, 0.29) is 13.0 Å². The van der Waals surface area contributed by atoms with Gasteiger partial charge in [0, 0.05) is 6.20 Å². The molecule has 3 nitrogen and oxygen atoms in total. The van der Waals surface area contributed by atoms with Gasteiger partial charge in [0.15, 0.2) is 0 Å². The Morgan fingerprint density at radius 3 is 3.11 bits per heavy atom. The Hall–Kier alpha value is -1.52. The normalized spacial score (nSPS) is 19.2. The largest absolute Gasteiger partial charge is 0.462 e. The van der Waals surface area contributed by atoms with Crippen LogP contribution in [0.1, 0.15) is 36.9 Å². The minimum Gasteiger partial charge on any atom is -0.462 e. The number of hydrogen-bond donors (Lipinski definition) is 0. The van der Waals surface area contributed by atoms with E-state index in [2.05, 4.69) is 9.72 Å². The Morgan fingerprint density at radius 1 is 1.61 bits per heavy atom. The summed E-state index contributed by atoms with van der Waals surface area (Å²) in [4.78, 5) is 15.4. The lowest BCUT2D eigenvalue weighted by molar-refractivity contribution is -0.175. The molecular formula is C13H15F2NO2. The standard InChI is InChI=1S/C13H15F2NO2/c1-2-18-12(17)13(14,15)10-7-3-5-9-6-4-8-16-11(9)10/h4,6,8,10H,2-3,5,7H2,1H3. The summed E-state index contributed by atoms with van der Waals surface area (Å²) in [6, 6.07) is 3.51. The number of nitrogens with zero attached hydrogens (tertiary/aromatic N) is 1. The van der Waals surface area contributed by atoms with Gasteiger partial charge in [0.2, 0.25) is 0 Å². The summed E-state index contributed by atoms with van der Waals surface area (Å²) < 4.78 is 32.6. The van der Waals surface area contributed by atoms with Gasteiger partial charge in [-0.15, -0.1) is 0 Å². The molecule has 18 heavy (non-hydrogen) atoms. The van der Waals surface area contributed by atoms with Crippen LogP contribution in [0.25, 0.3) is 0 Å². The predicted molar refractivity (Wildman–Crippen MR) is 61.5 cm³/mol. The van der Waals surface area contributed by atoms with Crippen LogP contribution in [0.15, 0.2) is 18.3 Å². The van der Waals surface area contributed by atoms with Crippen molar-refractivity contribution >= 4 is 5.97 Å². The molecule has 1 unspecified atom stereocenters. The highest BCUT2D eigenvalue weighted by molar-refractivity contribution is 5.79. The first-order valence-electron chi connectivity index (χ1n) is 6.06. The van der Waals surface area contributed by atoms with Crippen LogP contribution in [0.5, 0.6) is 0 Å². The highest BCUT2D eigenvalue weighted by Gasteiger charge is 2.51. The molecule has 0 spiro atoms. The lowest BCUT2D eigenvalue weighted by Crippen LogP contribution is -2.39. The van der Waals surface area contributed by atoms with E-state index in [1.54, 1.807) is 12.1 Å². The Bertz CT molecular complexity index is 448. The van der Waals surface area contributed by atoms with Gasteiger partial charge in [0.25, 0.3) is 0 Å². The van der Waals surface area contributed by atoms with Gasteiger partial charge in [0.1, 0.15) is 0 Å². The van der Waals surface area contributed by atoms with Gasteiger partial charge in [-0.1, -0.05) is 6.07 Å². The third-order valence-electron chi connectivity index (χ3n) is 3.18. The summed E-state index contributed by atoms with van der Waals surface area (Å²) in [5.41, 5.74) is 1.14. The van der Waals surface area contributed by atoms with Gasteiger partial charge in [-0.3, -0.25) is 4.98 Å². The van der Waals surface area contributed by atoms with Crippen molar-refractivity contribution in [3.63, 3.8) is 0 Å². The number of aromatic nitrogens is 1. The average Bonchev–Trinajstić information content (AvgIpc) is 2.38. The fourth-order valence-corrected chi connectivity index (χ4v) is 2.33.